The van der Waals surface area contributed by atoms with E-state index in [2.05, 4.69) is 5.32 Å². The standard InChI is InChI=1S/C24H26N2O6S/c27-13-15-12-26(9-10-33-15)23(30)21(11-22(28)29)25-24(31)32-14-20-18-7-3-1-5-16(18)17-6-2-4-8-19(17)20/h1-8,15,20-21,27H,9-14H2,(H,25,31)(H,28,29). The number of aliphatic hydroxyl groups excluding tert-OH is 1. The predicted octanol–water partition coefficient (Wildman–Crippen LogP) is 2.30. The Bertz CT molecular complexity index is 1000. The van der Waals surface area contributed by atoms with E-state index in [9.17, 15) is 24.6 Å². The van der Waals surface area contributed by atoms with E-state index in [-0.39, 0.29) is 24.4 Å². The first-order valence-electron chi connectivity index (χ1n) is 10.8. The van der Waals surface area contributed by atoms with Crippen LogP contribution in [0.3, 0.4) is 0 Å². The molecule has 2 atom stereocenters. The van der Waals surface area contributed by atoms with Crippen LogP contribution in [0.25, 0.3) is 11.1 Å². The number of benzene rings is 2. The van der Waals surface area contributed by atoms with Crippen molar-refractivity contribution in [1.82, 2.24) is 10.2 Å². The zero-order chi connectivity index (χ0) is 23.4. The van der Waals surface area contributed by atoms with Gasteiger partial charge in [-0.3, -0.25) is 9.59 Å². The molecular formula is C24H26N2O6S. The molecule has 0 saturated carbocycles. The number of fused-ring (bicyclic) bond motifs is 3. The molecule has 2 unspecified atom stereocenters. The number of amides is 2. The van der Waals surface area contributed by atoms with Crippen molar-refractivity contribution in [1.29, 1.82) is 0 Å². The van der Waals surface area contributed by atoms with Crippen molar-refractivity contribution in [3.8, 4) is 11.1 Å². The zero-order valence-corrected chi connectivity index (χ0v) is 18.8. The number of carboxylic acid groups (broad SMARTS) is 1. The Hall–Kier alpha value is -3.04. The highest BCUT2D eigenvalue weighted by molar-refractivity contribution is 8.00. The Kier molecular flexibility index (Phi) is 7.20. The Balaban J connectivity index is 1.42. The normalized spacial score (nSPS) is 18.2. The third kappa shape index (κ3) is 5.15. The van der Waals surface area contributed by atoms with Crippen LogP contribution in [0.4, 0.5) is 4.79 Å². The number of nitrogens with zero attached hydrogens (tertiary/aromatic N) is 1. The first-order valence-corrected chi connectivity index (χ1v) is 11.9. The zero-order valence-electron chi connectivity index (χ0n) is 18.0. The second kappa shape index (κ2) is 10.3. The molecule has 9 heteroatoms. The molecule has 1 heterocycles. The van der Waals surface area contributed by atoms with Crippen LogP contribution in [0.2, 0.25) is 0 Å². The molecule has 33 heavy (non-hydrogen) atoms. The molecule has 1 saturated heterocycles. The average molecular weight is 471 g/mol. The molecule has 0 spiro atoms. The number of hydrogen-bond acceptors (Lipinski definition) is 6. The predicted molar refractivity (Wildman–Crippen MR) is 124 cm³/mol. The second-order valence-corrected chi connectivity index (χ2v) is 9.49. The summed E-state index contributed by atoms with van der Waals surface area (Å²) in [4.78, 5) is 38.3. The van der Waals surface area contributed by atoms with E-state index in [4.69, 9.17) is 4.74 Å². The second-order valence-electron chi connectivity index (χ2n) is 8.08. The number of aliphatic hydroxyl groups is 1. The molecule has 0 aromatic heterocycles. The minimum absolute atomic E-state index is 0.0702. The van der Waals surface area contributed by atoms with E-state index >= 15 is 0 Å². The van der Waals surface area contributed by atoms with Gasteiger partial charge >= 0.3 is 12.1 Å². The monoisotopic (exact) mass is 470 g/mol. The molecule has 0 radical (unpaired) electrons. The number of carbonyl (C=O) groups is 3. The topological polar surface area (TPSA) is 116 Å². The summed E-state index contributed by atoms with van der Waals surface area (Å²) < 4.78 is 5.47. The molecule has 2 aromatic rings. The molecule has 1 aliphatic carbocycles. The number of nitrogens with one attached hydrogen (secondary N) is 1. The van der Waals surface area contributed by atoms with E-state index in [1.54, 1.807) is 11.8 Å². The summed E-state index contributed by atoms with van der Waals surface area (Å²) in [5.41, 5.74) is 4.32. The van der Waals surface area contributed by atoms with Crippen molar-refractivity contribution in [3.05, 3.63) is 59.7 Å². The van der Waals surface area contributed by atoms with Crippen molar-refractivity contribution in [3.63, 3.8) is 0 Å². The summed E-state index contributed by atoms with van der Waals surface area (Å²) >= 11 is 1.56. The van der Waals surface area contributed by atoms with Crippen LogP contribution >= 0.6 is 11.8 Å². The minimum Gasteiger partial charge on any atom is -0.481 e. The molecule has 2 aromatic carbocycles. The first-order chi connectivity index (χ1) is 16.0. The summed E-state index contributed by atoms with van der Waals surface area (Å²) in [5, 5.41) is 21.0. The van der Waals surface area contributed by atoms with Gasteiger partial charge in [0.25, 0.3) is 0 Å². The maximum atomic E-state index is 12.9. The fraction of sp³-hybridized carbons (Fsp3) is 0.375. The van der Waals surface area contributed by atoms with Crippen LogP contribution in [0.5, 0.6) is 0 Å². The van der Waals surface area contributed by atoms with Gasteiger partial charge in [0.1, 0.15) is 12.6 Å². The van der Waals surface area contributed by atoms with Gasteiger partial charge in [0.2, 0.25) is 5.91 Å². The largest absolute Gasteiger partial charge is 0.481 e. The van der Waals surface area contributed by atoms with Crippen LogP contribution in [-0.4, -0.2) is 76.4 Å². The molecule has 2 amide bonds. The maximum Gasteiger partial charge on any atom is 0.407 e. The van der Waals surface area contributed by atoms with E-state index in [0.717, 1.165) is 22.3 Å². The lowest BCUT2D eigenvalue weighted by Gasteiger charge is -2.33. The van der Waals surface area contributed by atoms with Crippen LogP contribution in [0, 0.1) is 0 Å². The van der Waals surface area contributed by atoms with Crippen molar-refractivity contribution in [2.45, 2.75) is 23.6 Å². The molecule has 1 fully saturated rings. The minimum atomic E-state index is -1.24. The van der Waals surface area contributed by atoms with Gasteiger partial charge in [-0.1, -0.05) is 48.5 Å². The first kappa shape index (κ1) is 23.1. The number of ether oxygens (including phenoxy) is 1. The average Bonchev–Trinajstić information content (AvgIpc) is 3.15. The Labute approximate surface area is 195 Å². The molecule has 4 rings (SSSR count). The lowest BCUT2D eigenvalue weighted by atomic mass is 9.98. The molecule has 0 bridgehead atoms. The van der Waals surface area contributed by atoms with E-state index < -0.39 is 30.4 Å². The Morgan fingerprint density at radius 1 is 1.09 bits per heavy atom. The number of aliphatic carboxylic acids is 1. The number of thioether (sulfide) groups is 1. The molecule has 2 aliphatic rings. The van der Waals surface area contributed by atoms with Crippen LogP contribution < -0.4 is 5.32 Å². The number of rotatable bonds is 7. The summed E-state index contributed by atoms with van der Waals surface area (Å²) in [5.74, 6) is -1.18. The third-order valence-electron chi connectivity index (χ3n) is 5.97. The molecule has 8 nitrogen and oxygen atoms in total. The van der Waals surface area contributed by atoms with Crippen molar-refractivity contribution in [2.24, 2.45) is 0 Å². The summed E-state index contributed by atoms with van der Waals surface area (Å²) in [6.07, 6.45) is -1.38. The molecule has 3 N–H and O–H groups in total. The third-order valence-corrected chi connectivity index (χ3v) is 7.15. The molecular weight excluding hydrogens is 444 g/mol. The smallest absolute Gasteiger partial charge is 0.407 e. The van der Waals surface area contributed by atoms with Gasteiger partial charge in [-0.2, -0.15) is 11.8 Å². The summed E-state index contributed by atoms with van der Waals surface area (Å²) in [7, 11) is 0. The summed E-state index contributed by atoms with van der Waals surface area (Å²) in [6.45, 7) is 0.740. The Morgan fingerprint density at radius 2 is 1.73 bits per heavy atom. The van der Waals surface area contributed by atoms with Gasteiger partial charge in [-0.15, -0.1) is 0 Å². The van der Waals surface area contributed by atoms with Crippen molar-refractivity contribution < 1.29 is 29.3 Å². The number of carbonyl (C=O) groups excluding carboxylic acids is 2. The van der Waals surface area contributed by atoms with E-state index in [1.165, 1.54) is 4.90 Å². The fourth-order valence-corrected chi connectivity index (χ4v) is 5.46. The highest BCUT2D eigenvalue weighted by Crippen LogP contribution is 2.44. The number of hydrogen-bond donors (Lipinski definition) is 3. The van der Waals surface area contributed by atoms with Gasteiger partial charge in [-0.05, 0) is 22.3 Å². The van der Waals surface area contributed by atoms with Crippen LogP contribution in [0.15, 0.2) is 48.5 Å². The highest BCUT2D eigenvalue weighted by atomic mass is 32.2. The van der Waals surface area contributed by atoms with Gasteiger partial charge in [0.15, 0.2) is 0 Å². The van der Waals surface area contributed by atoms with Crippen LogP contribution in [-0.2, 0) is 14.3 Å². The van der Waals surface area contributed by atoms with Gasteiger partial charge in [-0.25, -0.2) is 4.79 Å². The maximum absolute atomic E-state index is 12.9. The fourth-order valence-electron chi connectivity index (χ4n) is 4.41. The SMILES string of the molecule is O=C(O)CC(NC(=O)OCC1c2ccccc2-c2ccccc21)C(=O)N1CCSC(CO)C1. The van der Waals surface area contributed by atoms with E-state index in [0.29, 0.717) is 18.8 Å². The summed E-state index contributed by atoms with van der Waals surface area (Å²) in [6, 6.07) is 14.7. The lowest BCUT2D eigenvalue weighted by molar-refractivity contribution is -0.142. The van der Waals surface area contributed by atoms with Gasteiger partial charge in [0.05, 0.1) is 13.0 Å². The molecule has 174 valence electrons. The van der Waals surface area contributed by atoms with Crippen molar-refractivity contribution in [2.75, 3.05) is 32.1 Å². The van der Waals surface area contributed by atoms with E-state index in [1.807, 2.05) is 48.5 Å². The highest BCUT2D eigenvalue weighted by Gasteiger charge is 2.33. The number of carboxylic acids is 1. The number of alkyl carbamates (subject to hydrolysis) is 1. The van der Waals surface area contributed by atoms with Gasteiger partial charge < -0.3 is 25.2 Å². The van der Waals surface area contributed by atoms with Crippen molar-refractivity contribution >= 4 is 29.7 Å². The lowest BCUT2D eigenvalue weighted by Crippen LogP contribution is -2.53. The van der Waals surface area contributed by atoms with Crippen LogP contribution in [0.1, 0.15) is 23.5 Å². The van der Waals surface area contributed by atoms with Gasteiger partial charge in [0, 0.05) is 30.0 Å². The Morgan fingerprint density at radius 3 is 2.33 bits per heavy atom. The molecule has 1 aliphatic heterocycles. The quantitative estimate of drug-likeness (QED) is 0.569.